The van der Waals surface area contributed by atoms with Crippen LogP contribution in [0.15, 0.2) is 24.3 Å². The molecule has 0 spiro atoms. The van der Waals surface area contributed by atoms with E-state index in [1.807, 2.05) is 6.92 Å². The van der Waals surface area contributed by atoms with E-state index in [0.717, 1.165) is 5.56 Å². The van der Waals surface area contributed by atoms with Crippen molar-refractivity contribution < 1.29 is 18.5 Å². The first-order chi connectivity index (χ1) is 9.41. The molecule has 1 aromatic rings. The van der Waals surface area contributed by atoms with E-state index in [2.05, 4.69) is 0 Å². The summed E-state index contributed by atoms with van der Waals surface area (Å²) in [6.07, 6.45) is 0.256. The van der Waals surface area contributed by atoms with Gasteiger partial charge in [-0.2, -0.15) is 0 Å². The summed E-state index contributed by atoms with van der Waals surface area (Å²) in [4.78, 5) is 10.2. The van der Waals surface area contributed by atoms with Crippen LogP contribution in [0.4, 0.5) is 5.69 Å². The van der Waals surface area contributed by atoms with Gasteiger partial charge in [-0.05, 0) is 25.3 Å². The molecule has 20 heavy (non-hydrogen) atoms. The van der Waals surface area contributed by atoms with E-state index in [4.69, 9.17) is 9.05 Å². The van der Waals surface area contributed by atoms with Gasteiger partial charge in [0, 0.05) is 12.1 Å². The summed E-state index contributed by atoms with van der Waals surface area (Å²) < 4.78 is 22.9. The Morgan fingerprint density at radius 3 is 2.10 bits per heavy atom. The van der Waals surface area contributed by atoms with Crippen LogP contribution >= 0.6 is 7.60 Å². The third-order valence-corrected chi connectivity index (χ3v) is 5.12. The molecule has 1 rings (SSSR count). The molecular formula is C13H20NO5P. The molecule has 6 nitrogen and oxygen atoms in total. The van der Waals surface area contributed by atoms with Gasteiger partial charge in [-0.3, -0.25) is 14.7 Å². The standard InChI is InChI=1S/C13H20NO5P/c1-4-18-20(17,19-5-2)10-11(3)12-6-8-13(9-7-12)14(15)16/h6-9,11H,4-5,10H2,1-3H3/t11-/m0/s1. The van der Waals surface area contributed by atoms with Crippen LogP contribution in [0, 0.1) is 10.1 Å². The number of hydrogen-bond donors (Lipinski definition) is 0. The number of nitrogens with zero attached hydrogens (tertiary/aromatic N) is 1. The van der Waals surface area contributed by atoms with Crippen LogP contribution in [-0.2, 0) is 13.6 Å². The molecule has 0 N–H and O–H groups in total. The highest BCUT2D eigenvalue weighted by molar-refractivity contribution is 7.53. The lowest BCUT2D eigenvalue weighted by Crippen LogP contribution is -2.06. The second-order valence-electron chi connectivity index (χ2n) is 4.38. The summed E-state index contributed by atoms with van der Waals surface area (Å²) in [5.74, 6) is -0.0697. The van der Waals surface area contributed by atoms with Crippen LogP contribution < -0.4 is 0 Å². The first kappa shape index (κ1) is 16.8. The average molecular weight is 301 g/mol. The molecule has 0 unspecified atom stereocenters. The van der Waals surface area contributed by atoms with Crippen LogP contribution in [0.1, 0.15) is 32.3 Å². The number of hydrogen-bond acceptors (Lipinski definition) is 5. The summed E-state index contributed by atoms with van der Waals surface area (Å²) in [5.41, 5.74) is 0.911. The van der Waals surface area contributed by atoms with Gasteiger partial charge in [0.25, 0.3) is 5.69 Å². The molecule has 1 aromatic carbocycles. The van der Waals surface area contributed by atoms with Gasteiger partial charge >= 0.3 is 7.60 Å². The quantitative estimate of drug-likeness (QED) is 0.412. The highest BCUT2D eigenvalue weighted by Crippen LogP contribution is 2.51. The maximum Gasteiger partial charge on any atom is 0.331 e. The number of nitro benzene ring substituents is 1. The SMILES string of the molecule is CCOP(=O)(C[C@H](C)c1ccc([N+](=O)[O-])cc1)OCC. The monoisotopic (exact) mass is 301 g/mol. The molecule has 0 radical (unpaired) electrons. The van der Waals surface area contributed by atoms with Gasteiger partial charge in [0.15, 0.2) is 0 Å². The van der Waals surface area contributed by atoms with Gasteiger partial charge < -0.3 is 9.05 Å². The van der Waals surface area contributed by atoms with Crippen LogP contribution in [0.25, 0.3) is 0 Å². The van der Waals surface area contributed by atoms with Crippen molar-refractivity contribution in [2.24, 2.45) is 0 Å². The molecule has 0 fully saturated rings. The van der Waals surface area contributed by atoms with Crippen molar-refractivity contribution in [1.82, 2.24) is 0 Å². The Hall–Kier alpha value is -1.23. The van der Waals surface area contributed by atoms with Crippen molar-refractivity contribution in [2.75, 3.05) is 19.4 Å². The fourth-order valence-corrected chi connectivity index (χ4v) is 3.86. The van der Waals surface area contributed by atoms with Crippen LogP contribution in [-0.4, -0.2) is 24.3 Å². The molecule has 112 valence electrons. The smallest absolute Gasteiger partial charge is 0.309 e. The molecule has 0 amide bonds. The van der Waals surface area contributed by atoms with Gasteiger partial charge in [0.05, 0.1) is 24.3 Å². The van der Waals surface area contributed by atoms with E-state index in [1.54, 1.807) is 26.0 Å². The Kier molecular flexibility index (Phi) is 6.33. The fourth-order valence-electron chi connectivity index (χ4n) is 1.90. The molecule has 0 aliphatic carbocycles. The molecule has 0 saturated heterocycles. The Morgan fingerprint density at radius 2 is 1.70 bits per heavy atom. The summed E-state index contributed by atoms with van der Waals surface area (Å²) in [6.45, 7) is 6.07. The second kappa shape index (κ2) is 7.53. The zero-order valence-corrected chi connectivity index (χ0v) is 12.8. The minimum Gasteiger partial charge on any atom is -0.309 e. The molecule has 0 aromatic heterocycles. The average Bonchev–Trinajstić information content (AvgIpc) is 2.39. The van der Waals surface area contributed by atoms with E-state index in [-0.39, 0.29) is 17.8 Å². The van der Waals surface area contributed by atoms with E-state index in [0.29, 0.717) is 13.2 Å². The zero-order valence-electron chi connectivity index (χ0n) is 11.9. The van der Waals surface area contributed by atoms with E-state index in [9.17, 15) is 14.7 Å². The van der Waals surface area contributed by atoms with Crippen LogP contribution in [0.2, 0.25) is 0 Å². The highest BCUT2D eigenvalue weighted by Gasteiger charge is 2.27. The lowest BCUT2D eigenvalue weighted by molar-refractivity contribution is -0.384. The Morgan fingerprint density at radius 1 is 1.20 bits per heavy atom. The topological polar surface area (TPSA) is 78.7 Å². The minimum absolute atomic E-state index is 0.0405. The van der Waals surface area contributed by atoms with Crippen molar-refractivity contribution in [2.45, 2.75) is 26.7 Å². The van der Waals surface area contributed by atoms with E-state index < -0.39 is 12.5 Å². The minimum atomic E-state index is -3.11. The predicted octanol–water partition coefficient (Wildman–Crippen LogP) is 3.96. The summed E-state index contributed by atoms with van der Waals surface area (Å²) in [6, 6.07) is 6.23. The van der Waals surface area contributed by atoms with Gasteiger partial charge in [0.2, 0.25) is 0 Å². The maximum atomic E-state index is 12.4. The van der Waals surface area contributed by atoms with Gasteiger partial charge in [0.1, 0.15) is 0 Å². The number of nitro groups is 1. The Bertz CT molecular complexity index is 478. The molecule has 0 aliphatic heterocycles. The van der Waals surface area contributed by atoms with Crippen molar-refractivity contribution >= 4 is 13.3 Å². The maximum absolute atomic E-state index is 12.4. The number of benzene rings is 1. The molecule has 0 aliphatic rings. The molecular weight excluding hydrogens is 281 g/mol. The lowest BCUT2D eigenvalue weighted by atomic mass is 10.0. The van der Waals surface area contributed by atoms with Crippen molar-refractivity contribution in [1.29, 1.82) is 0 Å². The molecule has 0 saturated carbocycles. The zero-order chi connectivity index (χ0) is 15.2. The van der Waals surface area contributed by atoms with Gasteiger partial charge in [-0.15, -0.1) is 0 Å². The second-order valence-corrected chi connectivity index (χ2v) is 6.48. The van der Waals surface area contributed by atoms with Crippen molar-refractivity contribution in [3.8, 4) is 0 Å². The highest BCUT2D eigenvalue weighted by atomic mass is 31.2. The van der Waals surface area contributed by atoms with Crippen molar-refractivity contribution in [3.63, 3.8) is 0 Å². The lowest BCUT2D eigenvalue weighted by Gasteiger charge is -2.20. The van der Waals surface area contributed by atoms with E-state index >= 15 is 0 Å². The fraction of sp³-hybridized carbons (Fsp3) is 0.538. The largest absolute Gasteiger partial charge is 0.331 e. The Balaban J connectivity index is 2.80. The van der Waals surface area contributed by atoms with Gasteiger partial charge in [-0.25, -0.2) is 0 Å². The summed E-state index contributed by atoms with van der Waals surface area (Å²) in [5, 5.41) is 10.6. The van der Waals surface area contributed by atoms with Crippen molar-refractivity contribution in [3.05, 3.63) is 39.9 Å². The summed E-state index contributed by atoms with van der Waals surface area (Å²) in [7, 11) is -3.11. The molecule has 1 atom stereocenters. The first-order valence-corrected chi connectivity index (χ1v) is 8.27. The Labute approximate surface area is 118 Å². The number of non-ortho nitro benzene ring substituents is 1. The summed E-state index contributed by atoms with van der Waals surface area (Å²) >= 11 is 0. The van der Waals surface area contributed by atoms with Gasteiger partial charge in [-0.1, -0.05) is 19.1 Å². The predicted molar refractivity (Wildman–Crippen MR) is 77.2 cm³/mol. The molecule has 7 heteroatoms. The third-order valence-electron chi connectivity index (χ3n) is 2.82. The van der Waals surface area contributed by atoms with Crippen LogP contribution in [0.3, 0.4) is 0 Å². The third kappa shape index (κ3) is 4.71. The number of rotatable bonds is 8. The van der Waals surface area contributed by atoms with Crippen LogP contribution in [0.5, 0.6) is 0 Å². The first-order valence-electron chi connectivity index (χ1n) is 6.54. The molecule has 0 heterocycles. The van der Waals surface area contributed by atoms with E-state index in [1.165, 1.54) is 12.1 Å². The molecule has 0 bridgehead atoms. The normalized spacial score (nSPS) is 13.2.